The second-order valence-corrected chi connectivity index (χ2v) is 8.55. The van der Waals surface area contributed by atoms with Gasteiger partial charge < -0.3 is 10.1 Å². The second-order valence-electron chi connectivity index (χ2n) is 6.32. The van der Waals surface area contributed by atoms with Gasteiger partial charge in [0, 0.05) is 27.4 Å². The zero-order chi connectivity index (χ0) is 21.0. The summed E-state index contributed by atoms with van der Waals surface area (Å²) in [4.78, 5) is 29.2. The number of aromatic amines is 1. The summed E-state index contributed by atoms with van der Waals surface area (Å²) < 4.78 is 4.92. The Morgan fingerprint density at radius 1 is 1.31 bits per heavy atom. The van der Waals surface area contributed by atoms with Crippen molar-refractivity contribution < 1.29 is 14.3 Å². The molecule has 0 aliphatic carbocycles. The number of H-pyrrole nitrogens is 1. The summed E-state index contributed by atoms with van der Waals surface area (Å²) >= 11 is 8.74. The molecule has 2 heterocycles. The van der Waals surface area contributed by atoms with Crippen LogP contribution in [0.5, 0.6) is 0 Å². The van der Waals surface area contributed by atoms with Crippen LogP contribution in [0.25, 0.3) is 11.1 Å². The van der Waals surface area contributed by atoms with Crippen molar-refractivity contribution in [1.82, 2.24) is 15.2 Å². The van der Waals surface area contributed by atoms with Gasteiger partial charge >= 0.3 is 5.97 Å². The van der Waals surface area contributed by atoms with Crippen LogP contribution in [0.3, 0.4) is 0 Å². The molecule has 7 nitrogen and oxygen atoms in total. The van der Waals surface area contributed by atoms with Crippen LogP contribution >= 0.6 is 34.7 Å². The number of aromatic nitrogens is 3. The number of nitrogens with zero attached hydrogens (tertiary/aromatic N) is 2. The van der Waals surface area contributed by atoms with E-state index in [-0.39, 0.29) is 23.1 Å². The third-order valence-electron chi connectivity index (χ3n) is 3.96. The molecule has 0 atom stereocenters. The van der Waals surface area contributed by atoms with Crippen LogP contribution in [0.15, 0.2) is 34.8 Å². The molecular formula is C19H19ClN4O3S2. The van der Waals surface area contributed by atoms with Crippen molar-refractivity contribution >= 4 is 51.6 Å². The lowest BCUT2D eigenvalue weighted by Crippen LogP contribution is -2.16. The maximum Gasteiger partial charge on any atom is 0.341 e. The number of carbonyl (C=O) groups excluding carboxylic acids is 2. The molecule has 0 radical (unpaired) electrons. The van der Waals surface area contributed by atoms with Crippen molar-refractivity contribution in [3.8, 4) is 11.1 Å². The highest BCUT2D eigenvalue weighted by Crippen LogP contribution is 2.39. The first-order valence-electron chi connectivity index (χ1n) is 8.70. The summed E-state index contributed by atoms with van der Waals surface area (Å²) in [7, 11) is 1.30. The molecule has 0 aliphatic heterocycles. The van der Waals surface area contributed by atoms with Gasteiger partial charge in [-0.15, -0.1) is 16.4 Å². The summed E-state index contributed by atoms with van der Waals surface area (Å²) in [5.74, 6) is 0.282. The number of amides is 1. The number of carbonyl (C=O) groups is 2. The predicted molar refractivity (Wildman–Crippen MR) is 116 cm³/mol. The summed E-state index contributed by atoms with van der Waals surface area (Å²) in [6.45, 7) is 4.01. The largest absolute Gasteiger partial charge is 0.465 e. The highest BCUT2D eigenvalue weighted by Gasteiger charge is 2.23. The standard InChI is InChI=1S/C19H19ClN4O3S2/c1-10(2)16-22-19(24-23-16)29-9-14(25)21-17-15(18(26)27-3)12(8-28-17)11-6-4-5-7-13(11)20/h4-8,10H,9H2,1-3H3,(H,21,25)(H,22,23,24). The molecule has 1 amide bonds. The van der Waals surface area contributed by atoms with E-state index < -0.39 is 5.97 Å². The molecule has 0 fully saturated rings. The zero-order valence-electron chi connectivity index (χ0n) is 16.0. The van der Waals surface area contributed by atoms with Crippen molar-refractivity contribution in [1.29, 1.82) is 0 Å². The Labute approximate surface area is 181 Å². The van der Waals surface area contributed by atoms with Crippen molar-refractivity contribution in [2.75, 3.05) is 18.2 Å². The van der Waals surface area contributed by atoms with E-state index in [4.69, 9.17) is 16.3 Å². The number of esters is 1. The number of halogens is 1. The number of hydrogen-bond acceptors (Lipinski definition) is 7. The molecule has 1 aromatic carbocycles. The maximum absolute atomic E-state index is 12.4. The Hall–Kier alpha value is -2.36. The molecule has 0 unspecified atom stereocenters. The van der Waals surface area contributed by atoms with Crippen LogP contribution in [-0.4, -0.2) is 39.9 Å². The van der Waals surface area contributed by atoms with E-state index in [1.54, 1.807) is 11.4 Å². The minimum absolute atomic E-state index is 0.106. The first-order valence-corrected chi connectivity index (χ1v) is 10.9. The summed E-state index contributed by atoms with van der Waals surface area (Å²) in [6, 6.07) is 7.20. The molecule has 2 N–H and O–H groups in total. The van der Waals surface area contributed by atoms with Crippen molar-refractivity contribution in [3.05, 3.63) is 46.1 Å². The van der Waals surface area contributed by atoms with Crippen LogP contribution in [0.4, 0.5) is 5.00 Å². The lowest BCUT2D eigenvalue weighted by molar-refractivity contribution is -0.113. The van der Waals surface area contributed by atoms with Gasteiger partial charge in [0.25, 0.3) is 0 Å². The molecule has 2 aromatic heterocycles. The van der Waals surface area contributed by atoms with Gasteiger partial charge in [0.1, 0.15) is 16.4 Å². The highest BCUT2D eigenvalue weighted by atomic mass is 35.5. The number of ether oxygens (including phenoxy) is 1. The first-order chi connectivity index (χ1) is 13.9. The Morgan fingerprint density at radius 2 is 2.07 bits per heavy atom. The van der Waals surface area contributed by atoms with Gasteiger partial charge in [-0.3, -0.25) is 9.89 Å². The van der Waals surface area contributed by atoms with Gasteiger partial charge in [0.2, 0.25) is 11.1 Å². The first kappa shape index (κ1) is 21.4. The summed E-state index contributed by atoms with van der Waals surface area (Å²) in [5.41, 5.74) is 1.59. The third kappa shape index (κ3) is 4.98. The topological polar surface area (TPSA) is 97.0 Å². The number of anilines is 1. The van der Waals surface area contributed by atoms with Crippen LogP contribution in [0, 0.1) is 0 Å². The smallest absolute Gasteiger partial charge is 0.341 e. The van der Waals surface area contributed by atoms with Crippen LogP contribution < -0.4 is 5.32 Å². The van der Waals surface area contributed by atoms with Crippen molar-refractivity contribution in [2.45, 2.75) is 24.9 Å². The predicted octanol–water partition coefficient (Wildman–Crippen LogP) is 4.83. The fourth-order valence-electron chi connectivity index (χ4n) is 2.51. The van der Waals surface area contributed by atoms with E-state index in [9.17, 15) is 9.59 Å². The van der Waals surface area contributed by atoms with Crippen LogP contribution in [0.1, 0.15) is 35.9 Å². The van der Waals surface area contributed by atoms with E-state index in [1.165, 1.54) is 30.2 Å². The van der Waals surface area contributed by atoms with Gasteiger partial charge in [-0.25, -0.2) is 9.78 Å². The fraction of sp³-hybridized carbons (Fsp3) is 0.263. The van der Waals surface area contributed by atoms with E-state index in [1.807, 2.05) is 32.0 Å². The molecule has 0 bridgehead atoms. The quantitative estimate of drug-likeness (QED) is 0.395. The molecule has 3 aromatic rings. The van der Waals surface area contributed by atoms with E-state index in [2.05, 4.69) is 20.5 Å². The maximum atomic E-state index is 12.4. The zero-order valence-corrected chi connectivity index (χ0v) is 18.4. The van der Waals surface area contributed by atoms with Crippen LogP contribution in [-0.2, 0) is 9.53 Å². The number of nitrogens with one attached hydrogen (secondary N) is 2. The number of rotatable bonds is 7. The number of thiophene rings is 1. The molecule has 3 rings (SSSR count). The Bertz CT molecular complexity index is 1030. The lowest BCUT2D eigenvalue weighted by atomic mass is 10.0. The molecular weight excluding hydrogens is 432 g/mol. The minimum atomic E-state index is -0.542. The van der Waals surface area contributed by atoms with Gasteiger partial charge in [-0.1, -0.05) is 55.4 Å². The second kappa shape index (κ2) is 9.43. The van der Waals surface area contributed by atoms with Gasteiger partial charge in [0.15, 0.2) is 0 Å². The molecule has 10 heteroatoms. The highest BCUT2D eigenvalue weighted by molar-refractivity contribution is 7.99. The summed E-state index contributed by atoms with van der Waals surface area (Å²) in [6.07, 6.45) is 0. The average Bonchev–Trinajstić information content (AvgIpc) is 3.33. The summed E-state index contributed by atoms with van der Waals surface area (Å²) in [5, 5.41) is 12.9. The Kier molecular flexibility index (Phi) is 6.94. The Morgan fingerprint density at radius 3 is 2.72 bits per heavy atom. The molecule has 0 aliphatic rings. The van der Waals surface area contributed by atoms with Gasteiger partial charge in [-0.05, 0) is 6.07 Å². The molecule has 29 heavy (non-hydrogen) atoms. The lowest BCUT2D eigenvalue weighted by Gasteiger charge is -2.08. The molecule has 0 spiro atoms. The SMILES string of the molecule is COC(=O)c1c(-c2ccccc2Cl)csc1NC(=O)CSc1n[nH]c(C(C)C)n1. The Balaban J connectivity index is 1.77. The number of hydrogen-bond donors (Lipinski definition) is 2. The van der Waals surface area contributed by atoms with Crippen molar-refractivity contribution in [3.63, 3.8) is 0 Å². The molecule has 0 saturated carbocycles. The van der Waals surface area contributed by atoms with E-state index >= 15 is 0 Å². The van der Waals surface area contributed by atoms with Gasteiger partial charge in [-0.2, -0.15) is 0 Å². The van der Waals surface area contributed by atoms with E-state index in [0.717, 1.165) is 5.82 Å². The number of methoxy groups -OCH3 is 1. The monoisotopic (exact) mass is 450 g/mol. The molecule has 0 saturated heterocycles. The normalized spacial score (nSPS) is 10.9. The van der Waals surface area contributed by atoms with Crippen molar-refractivity contribution in [2.24, 2.45) is 0 Å². The van der Waals surface area contributed by atoms with Gasteiger partial charge in [0.05, 0.1) is 12.9 Å². The third-order valence-corrected chi connectivity index (χ3v) is 6.03. The number of benzene rings is 1. The molecule has 152 valence electrons. The van der Waals surface area contributed by atoms with Crippen LogP contribution in [0.2, 0.25) is 5.02 Å². The fourth-order valence-corrected chi connectivity index (χ4v) is 4.31. The minimum Gasteiger partial charge on any atom is -0.465 e. The number of thioether (sulfide) groups is 1. The average molecular weight is 451 g/mol. The van der Waals surface area contributed by atoms with E-state index in [0.29, 0.717) is 26.3 Å².